The van der Waals surface area contributed by atoms with E-state index in [0.29, 0.717) is 13.0 Å². The number of nitrogens with zero attached hydrogens (tertiary/aromatic N) is 1. The summed E-state index contributed by atoms with van der Waals surface area (Å²) in [5.41, 5.74) is 1.95. The number of carbonyl (C=O) groups is 1. The van der Waals surface area contributed by atoms with E-state index >= 15 is 0 Å². The first kappa shape index (κ1) is 11.2. The Morgan fingerprint density at radius 2 is 2.12 bits per heavy atom. The normalized spacial score (nSPS) is 21.0. The van der Waals surface area contributed by atoms with Gasteiger partial charge in [0.25, 0.3) is 0 Å². The minimum Gasteiger partial charge on any atom is -0.480 e. The molecule has 0 aromatic heterocycles. The number of aliphatic imine (C=N–C) groups is 1. The molecule has 4 heteroatoms. The van der Waals surface area contributed by atoms with Crippen molar-refractivity contribution in [1.29, 1.82) is 0 Å². The summed E-state index contributed by atoms with van der Waals surface area (Å²) in [5, 5.41) is 8.69. The van der Waals surface area contributed by atoms with Gasteiger partial charge in [0.1, 0.15) is 5.25 Å². The quantitative estimate of drug-likeness (QED) is 0.853. The largest absolute Gasteiger partial charge is 0.480 e. The number of carboxylic acid groups (broad SMARTS) is 1. The third kappa shape index (κ3) is 2.64. The van der Waals surface area contributed by atoms with E-state index in [0.717, 1.165) is 17.0 Å². The molecular weight excluding hydrogens is 222 g/mol. The summed E-state index contributed by atoms with van der Waals surface area (Å²) in [6.07, 6.45) is 0.518. The Morgan fingerprint density at radius 3 is 2.81 bits per heavy atom. The molecule has 0 aliphatic carbocycles. The van der Waals surface area contributed by atoms with Crippen LogP contribution in [0.1, 0.15) is 12.0 Å². The zero-order valence-electron chi connectivity index (χ0n) is 8.80. The number of hydrogen-bond acceptors (Lipinski definition) is 3. The van der Waals surface area contributed by atoms with Crippen molar-refractivity contribution < 1.29 is 9.90 Å². The molecule has 1 heterocycles. The van der Waals surface area contributed by atoms with Gasteiger partial charge in [0.05, 0.1) is 0 Å². The van der Waals surface area contributed by atoms with Crippen LogP contribution in [0.5, 0.6) is 0 Å². The summed E-state index contributed by atoms with van der Waals surface area (Å²) in [7, 11) is 0. The van der Waals surface area contributed by atoms with Crippen LogP contribution in [0.3, 0.4) is 0 Å². The van der Waals surface area contributed by atoms with Crippen molar-refractivity contribution in [3.05, 3.63) is 35.9 Å². The van der Waals surface area contributed by atoms with Gasteiger partial charge in [-0.25, -0.2) is 0 Å². The fourth-order valence-corrected chi connectivity index (χ4v) is 2.57. The van der Waals surface area contributed by atoms with Crippen LogP contribution >= 0.6 is 11.8 Å². The van der Waals surface area contributed by atoms with Gasteiger partial charge >= 0.3 is 5.97 Å². The van der Waals surface area contributed by atoms with Gasteiger partial charge < -0.3 is 5.11 Å². The molecule has 0 fully saturated rings. The summed E-state index contributed by atoms with van der Waals surface area (Å²) >= 11 is 1.48. The molecular formula is C12H13NO2S. The van der Waals surface area contributed by atoms with Crippen LogP contribution in [0.4, 0.5) is 0 Å². The van der Waals surface area contributed by atoms with Crippen molar-refractivity contribution in [3.8, 4) is 0 Å². The lowest BCUT2D eigenvalue weighted by molar-refractivity contribution is -0.136. The van der Waals surface area contributed by atoms with E-state index in [-0.39, 0.29) is 5.25 Å². The Morgan fingerprint density at radius 1 is 1.38 bits per heavy atom. The van der Waals surface area contributed by atoms with Crippen LogP contribution in [0.15, 0.2) is 35.3 Å². The van der Waals surface area contributed by atoms with Gasteiger partial charge in [-0.15, -0.1) is 11.8 Å². The van der Waals surface area contributed by atoms with Gasteiger partial charge in [-0.05, 0) is 5.56 Å². The molecule has 16 heavy (non-hydrogen) atoms. The van der Waals surface area contributed by atoms with Crippen molar-refractivity contribution >= 4 is 23.4 Å². The number of rotatable bonds is 2. The minimum absolute atomic E-state index is 0.360. The molecule has 0 spiro atoms. The summed E-state index contributed by atoms with van der Waals surface area (Å²) in [6, 6.07) is 9.81. The highest BCUT2D eigenvalue weighted by Gasteiger charge is 2.22. The smallest absolute Gasteiger partial charge is 0.317 e. The summed E-state index contributed by atoms with van der Waals surface area (Å²) in [6.45, 7) is 0.707. The predicted octanol–water partition coefficient (Wildman–Crippen LogP) is 2.07. The lowest BCUT2D eigenvalue weighted by atomic mass is 10.1. The molecule has 1 aliphatic heterocycles. The van der Waals surface area contributed by atoms with Crippen molar-refractivity contribution in [1.82, 2.24) is 0 Å². The first-order valence-corrected chi connectivity index (χ1v) is 6.25. The van der Waals surface area contributed by atoms with E-state index in [9.17, 15) is 4.79 Å². The Bertz CT molecular complexity index is 403. The molecule has 3 nitrogen and oxygen atoms in total. The lowest BCUT2D eigenvalue weighted by Crippen LogP contribution is -2.20. The second-order valence-electron chi connectivity index (χ2n) is 3.60. The minimum atomic E-state index is -0.740. The molecule has 0 radical (unpaired) electrons. The molecule has 1 aromatic rings. The van der Waals surface area contributed by atoms with E-state index in [1.807, 2.05) is 30.3 Å². The van der Waals surface area contributed by atoms with Crippen molar-refractivity contribution in [3.63, 3.8) is 0 Å². The van der Waals surface area contributed by atoms with E-state index in [2.05, 4.69) is 4.99 Å². The lowest BCUT2D eigenvalue weighted by Gasteiger charge is -2.09. The average molecular weight is 235 g/mol. The fourth-order valence-electron chi connectivity index (χ4n) is 1.67. The average Bonchev–Trinajstić information content (AvgIpc) is 2.56. The molecule has 0 saturated carbocycles. The van der Waals surface area contributed by atoms with Gasteiger partial charge in [0.2, 0.25) is 0 Å². The van der Waals surface area contributed by atoms with E-state index in [1.54, 1.807) is 0 Å². The molecule has 1 atom stereocenters. The standard InChI is InChI=1S/C12H13NO2S/c14-12(15)11-8-10(13-6-7-16-11)9-4-2-1-3-5-9/h1-5,11H,6-8H2,(H,14,15)/t11-/m1/s1. The number of aliphatic carboxylic acids is 1. The summed E-state index contributed by atoms with van der Waals surface area (Å²) < 4.78 is 0. The van der Waals surface area contributed by atoms with Crippen LogP contribution in [-0.4, -0.2) is 34.3 Å². The van der Waals surface area contributed by atoms with Gasteiger partial charge in [-0.3, -0.25) is 9.79 Å². The van der Waals surface area contributed by atoms with Crippen molar-refractivity contribution in [2.24, 2.45) is 4.99 Å². The second-order valence-corrected chi connectivity index (χ2v) is 4.91. The van der Waals surface area contributed by atoms with E-state index in [4.69, 9.17) is 5.11 Å². The maximum absolute atomic E-state index is 11.0. The Balaban J connectivity index is 2.20. The molecule has 0 bridgehead atoms. The third-order valence-electron chi connectivity index (χ3n) is 2.47. The number of carboxylic acids is 1. The highest BCUT2D eigenvalue weighted by molar-refractivity contribution is 8.00. The Hall–Kier alpha value is -1.29. The monoisotopic (exact) mass is 235 g/mol. The van der Waals surface area contributed by atoms with Crippen LogP contribution in [0.25, 0.3) is 0 Å². The molecule has 84 valence electrons. The number of benzene rings is 1. The zero-order valence-corrected chi connectivity index (χ0v) is 9.61. The first-order valence-electron chi connectivity index (χ1n) is 5.20. The highest BCUT2D eigenvalue weighted by Crippen LogP contribution is 2.21. The highest BCUT2D eigenvalue weighted by atomic mass is 32.2. The summed E-state index contributed by atoms with van der Waals surface area (Å²) in [5.74, 6) is 0.0448. The second kappa shape index (κ2) is 5.16. The van der Waals surface area contributed by atoms with Gasteiger partial charge in [0, 0.05) is 24.4 Å². The molecule has 0 amide bonds. The Labute approximate surface area is 98.6 Å². The Kier molecular flexibility index (Phi) is 3.62. The van der Waals surface area contributed by atoms with Gasteiger partial charge in [-0.2, -0.15) is 0 Å². The van der Waals surface area contributed by atoms with Crippen LogP contribution in [-0.2, 0) is 4.79 Å². The maximum atomic E-state index is 11.0. The maximum Gasteiger partial charge on any atom is 0.317 e. The van der Waals surface area contributed by atoms with Gasteiger partial charge in [0.15, 0.2) is 0 Å². The summed E-state index contributed by atoms with van der Waals surface area (Å²) in [4.78, 5) is 15.5. The molecule has 1 aliphatic rings. The van der Waals surface area contributed by atoms with E-state index in [1.165, 1.54) is 11.8 Å². The van der Waals surface area contributed by atoms with Crippen molar-refractivity contribution in [2.75, 3.05) is 12.3 Å². The number of thioether (sulfide) groups is 1. The zero-order chi connectivity index (χ0) is 11.4. The van der Waals surface area contributed by atoms with Crippen LogP contribution in [0.2, 0.25) is 0 Å². The molecule has 1 aromatic carbocycles. The van der Waals surface area contributed by atoms with Crippen LogP contribution in [0, 0.1) is 0 Å². The first-order chi connectivity index (χ1) is 7.77. The fraction of sp³-hybridized carbons (Fsp3) is 0.333. The third-order valence-corrected chi connectivity index (χ3v) is 3.66. The van der Waals surface area contributed by atoms with Crippen molar-refractivity contribution in [2.45, 2.75) is 11.7 Å². The van der Waals surface area contributed by atoms with Crippen LogP contribution < -0.4 is 0 Å². The topological polar surface area (TPSA) is 49.7 Å². The molecule has 0 unspecified atom stereocenters. The molecule has 0 saturated heterocycles. The molecule has 1 N–H and O–H groups in total. The van der Waals surface area contributed by atoms with Gasteiger partial charge in [-0.1, -0.05) is 30.3 Å². The number of hydrogen-bond donors (Lipinski definition) is 1. The predicted molar refractivity (Wildman–Crippen MR) is 66.3 cm³/mol. The SMILES string of the molecule is O=C(O)[C@H]1CC(c2ccccc2)=NCCS1. The van der Waals surface area contributed by atoms with E-state index < -0.39 is 5.97 Å². The molecule has 2 rings (SSSR count).